The molecular formula is C94H70N12Na4O18S4. The Morgan fingerprint density at radius 3 is 0.818 bits per heavy atom. The van der Waals surface area contributed by atoms with Crippen LogP contribution in [0.15, 0.2) is 315 Å². The van der Waals surface area contributed by atoms with E-state index in [9.17, 15) is 72.3 Å². The molecule has 0 aromatic heterocycles. The minimum atomic E-state index is -5.25. The van der Waals surface area contributed by atoms with Gasteiger partial charge in [-0.3, -0.25) is 9.59 Å². The molecule has 0 fully saturated rings. The number of nitrogen functional groups attached to an aromatic ring is 2. The molecule has 2 aliphatic carbocycles. The number of carbonyl (C=O) groups excluding carboxylic acids is 2. The summed E-state index contributed by atoms with van der Waals surface area (Å²) in [5.41, 5.74) is 16.4. The molecule has 0 amide bonds. The van der Waals surface area contributed by atoms with Crippen molar-refractivity contribution in [2.24, 2.45) is 52.7 Å². The number of hydrogen-bond donors (Lipinski definition) is 8. The van der Waals surface area contributed by atoms with Crippen molar-refractivity contribution in [3.05, 3.63) is 288 Å². The molecule has 30 nitrogen and oxygen atoms in total. The van der Waals surface area contributed by atoms with E-state index in [0.29, 0.717) is 44.4 Å². The number of carbonyl (C=O) groups is 2. The van der Waals surface area contributed by atoms with Crippen LogP contribution in [0.3, 0.4) is 0 Å². The van der Waals surface area contributed by atoms with E-state index in [-0.39, 0.29) is 274 Å². The molecule has 0 saturated heterocycles. The van der Waals surface area contributed by atoms with E-state index in [4.69, 9.17) is 11.5 Å². The summed E-state index contributed by atoms with van der Waals surface area (Å²) < 4.78 is 152. The Kier molecular flexibility index (Phi) is 29.9. The summed E-state index contributed by atoms with van der Waals surface area (Å²) >= 11 is 0. The topological polar surface area (TPSA) is 519 Å². The molecule has 16 rings (SSSR count). The van der Waals surface area contributed by atoms with Gasteiger partial charge >= 0.3 is 118 Å². The number of azo groups is 4. The Morgan fingerprint density at radius 2 is 0.561 bits per heavy atom. The zero-order valence-corrected chi connectivity index (χ0v) is 83.4. The summed E-state index contributed by atoms with van der Waals surface area (Å²) in [6.07, 6.45) is 2.33. The predicted molar refractivity (Wildman–Crippen MR) is 484 cm³/mol. The van der Waals surface area contributed by atoms with Crippen molar-refractivity contribution in [3.8, 4) is 44.9 Å². The molecule has 132 heavy (non-hydrogen) atoms. The zero-order chi connectivity index (χ0) is 91.1. The smallest absolute Gasteiger partial charge is 0.744 e. The molecule has 10 N–H and O–H groups in total. The van der Waals surface area contributed by atoms with Gasteiger partial charge in [0.2, 0.25) is 11.6 Å². The molecule has 0 unspecified atom stereocenters. The van der Waals surface area contributed by atoms with Gasteiger partial charge in [-0.1, -0.05) is 185 Å². The molecule has 642 valence electrons. The molecule has 0 atom stereocenters. The third kappa shape index (κ3) is 19.5. The number of rotatable bonds is 21. The van der Waals surface area contributed by atoms with Crippen molar-refractivity contribution >= 4 is 186 Å². The summed E-state index contributed by atoms with van der Waals surface area (Å²) in [5.74, 6) is -5.76. The Balaban J connectivity index is 0.00000393. The van der Waals surface area contributed by atoms with E-state index in [1.54, 1.807) is 199 Å². The van der Waals surface area contributed by atoms with Gasteiger partial charge in [0, 0.05) is 88.9 Å². The Morgan fingerprint density at radius 1 is 0.326 bits per heavy atom. The number of phenolic OH excluding ortho intramolecular Hbond substituents is 2. The minimum absolute atomic E-state index is 0. The van der Waals surface area contributed by atoms with Crippen LogP contribution in [0, 0.1) is 25.7 Å². The fraction of sp³-hybridized carbons (Fsp3) is 0.0851. The average Bonchev–Trinajstić information content (AvgIpc) is 0.714. The number of hydrogen-bond acceptors (Lipinski definition) is 30. The van der Waals surface area contributed by atoms with Crippen LogP contribution in [0.5, 0.6) is 11.5 Å². The van der Waals surface area contributed by atoms with Crippen LogP contribution in [0.25, 0.3) is 98.8 Å². The average molecular weight is 1880 g/mol. The van der Waals surface area contributed by atoms with E-state index >= 15 is 9.59 Å². The van der Waals surface area contributed by atoms with Crippen LogP contribution in [0.2, 0.25) is 0 Å². The number of nitrogens with zero attached hydrogens (tertiary/aromatic N) is 8. The van der Waals surface area contributed by atoms with Gasteiger partial charge in [-0.2, -0.15) is 20.5 Å². The molecule has 0 saturated carbocycles. The van der Waals surface area contributed by atoms with Crippen molar-refractivity contribution in [3.63, 3.8) is 0 Å². The second-order valence-corrected chi connectivity index (χ2v) is 36.1. The van der Waals surface area contributed by atoms with Gasteiger partial charge in [-0.25, -0.2) is 33.7 Å². The maximum atomic E-state index is 15.1. The van der Waals surface area contributed by atoms with Crippen molar-refractivity contribution in [1.82, 2.24) is 0 Å². The summed E-state index contributed by atoms with van der Waals surface area (Å²) in [7, 11) is -20.3. The summed E-state index contributed by atoms with van der Waals surface area (Å²) in [4.78, 5) is 27.9. The first-order valence-corrected chi connectivity index (χ1v) is 44.8. The molecule has 0 heterocycles. The Bertz CT molecular complexity index is 7470. The van der Waals surface area contributed by atoms with E-state index in [1.807, 2.05) is 0 Å². The normalized spacial score (nSPS) is 13.9. The van der Waals surface area contributed by atoms with Crippen LogP contribution in [-0.2, 0) is 50.1 Å². The van der Waals surface area contributed by atoms with Gasteiger partial charge < -0.3 is 60.7 Å². The van der Waals surface area contributed by atoms with Crippen molar-refractivity contribution < 1.29 is 200 Å². The number of benzene rings is 14. The molecule has 0 aliphatic heterocycles. The van der Waals surface area contributed by atoms with Crippen molar-refractivity contribution in [1.29, 1.82) is 0 Å². The van der Waals surface area contributed by atoms with Gasteiger partial charge in [0.1, 0.15) is 74.7 Å². The van der Waals surface area contributed by atoms with Crippen LogP contribution < -0.4 is 140 Å². The van der Waals surface area contributed by atoms with Gasteiger partial charge in [-0.15, -0.1) is 20.5 Å². The van der Waals surface area contributed by atoms with E-state index in [0.717, 1.165) is 36.7 Å². The van der Waals surface area contributed by atoms with Gasteiger partial charge in [0.15, 0.2) is 11.5 Å². The molecule has 2 aliphatic rings. The third-order valence-electron chi connectivity index (χ3n) is 22.0. The molecule has 0 spiro atoms. The fourth-order valence-electron chi connectivity index (χ4n) is 16.1. The number of nitrogens with two attached hydrogens (primary N) is 2. The quantitative estimate of drug-likeness (QED) is 0.0109. The molecule has 0 bridgehead atoms. The maximum Gasteiger partial charge on any atom is 1.00 e. The number of nitrogens with one attached hydrogen (secondary N) is 2. The second-order valence-electron chi connectivity index (χ2n) is 30.7. The Labute approximate surface area is 845 Å². The van der Waals surface area contributed by atoms with Crippen LogP contribution in [-0.4, -0.2) is 83.9 Å². The number of phenols is 2. The first kappa shape index (κ1) is 99.9. The summed E-state index contributed by atoms with van der Waals surface area (Å²) in [6, 6.07) is 58.5. The van der Waals surface area contributed by atoms with E-state index < -0.39 is 106 Å². The number of ketones is 2. The number of aromatic hydroxyl groups is 2. The minimum Gasteiger partial charge on any atom is -0.744 e. The summed E-state index contributed by atoms with van der Waals surface area (Å²) in [5, 5.41) is 92.5. The first-order chi connectivity index (χ1) is 60.8. The SMILES string of the molecule is Cc1cc2c(c(O)c1-c1c(C)cc3c(c1O)C(=CNc1c(N=Nc4ccc(-c5ccc(N=Nc6cc(S(=O)(=O)[O-])c7ccccc7c6N)cc5)cc4)cc(S(=O)(=O)[O-])c4ccccc14)C(=O)C(O)=C3C(C)C)C(=CNc1c(N=Nc3ccc(-c4ccc(N=Nc5cc(S(=O)(=O)[O-])c6ccccc6c5N)cc4)cc3)cc(S(=O)(=O)[O-])c3ccccc13)C(=O)C(O)=C2C(C)C.[Na+].[Na+].[Na+].[Na+]. The predicted octanol–water partition coefficient (Wildman–Crippen LogP) is 9.71. The number of anilines is 4. The van der Waals surface area contributed by atoms with Gasteiger partial charge in [0.25, 0.3) is 0 Å². The molecule has 38 heteroatoms. The molecule has 0 radical (unpaired) electrons. The van der Waals surface area contributed by atoms with Crippen molar-refractivity contribution in [2.45, 2.75) is 61.1 Å². The molecular weight excluding hydrogens is 1810 g/mol. The standard InChI is InChI=1S/C94H74N12O18S4.4Na/c1-47(2)79-67-39-49(5)81(91(109)83(67)69(89(107)93(79)111)45-97-87-65-21-13-9-17-61(65)77(127(119,120)121)43-73(87)105-101-57-35-27-53(28-36-57)51-23-31-55(32-24-51)99-103-71-41-75(125(113,114)115)59-15-7-11-19-63(59)85(71)95)82-50(6)40-68-80(48(3)4)94(112)90(108)70(84(68)92(82)110)46-98-88-66-22-14-10-18-62(66)78(128(122,123)124)44-74(88)106-102-58-37-29-54(30-38-58)52-25-33-56(34-26-52)100-104-72-42-76(126(116,117)118)60-16-8-12-20-64(60)86(72)96;;;;/h7-48,97-98,109-112H,95-96H2,1-6H3,(H,113,114,115)(H,116,117,118)(H,119,120,121)(H,122,123,124);;;;/q;4*+1/p-4. The molecule has 14 aromatic rings. The molecule has 14 aromatic carbocycles. The zero-order valence-electron chi connectivity index (χ0n) is 72.1. The monoisotopic (exact) mass is 1870 g/mol. The van der Waals surface area contributed by atoms with Crippen LogP contribution >= 0.6 is 0 Å². The summed E-state index contributed by atoms with van der Waals surface area (Å²) in [6.45, 7) is 10.1. The number of aliphatic hydroxyl groups is 2. The van der Waals surface area contributed by atoms with Crippen molar-refractivity contribution in [2.75, 3.05) is 22.1 Å². The van der Waals surface area contributed by atoms with Crippen LogP contribution in [0.1, 0.15) is 61.1 Å². The van der Waals surface area contributed by atoms with E-state index in [2.05, 4.69) is 51.5 Å². The Hall–Kier alpha value is -11.1. The van der Waals surface area contributed by atoms with Crippen LogP contribution in [0.4, 0.5) is 68.2 Å². The second kappa shape index (κ2) is 39.6. The van der Waals surface area contributed by atoms with E-state index in [1.165, 1.54) is 48.5 Å². The van der Waals surface area contributed by atoms with Gasteiger partial charge in [0.05, 0.1) is 76.2 Å². The number of aliphatic hydroxyl groups excluding tert-OH is 2. The number of allylic oxidation sites excluding steroid dienone is 4. The number of Topliss-reactive ketones (excluding diaryl/α,β-unsaturated/α-hetero) is 2. The largest absolute Gasteiger partial charge is 1.00 e. The number of fused-ring (bicyclic) bond motifs is 6. The fourth-order valence-corrected chi connectivity index (χ4v) is 18.9. The van der Waals surface area contributed by atoms with Gasteiger partial charge in [-0.05, 0) is 143 Å². The number of aryl methyl sites for hydroxylation is 2. The maximum absolute atomic E-state index is 15.1. The third-order valence-corrected chi connectivity index (χ3v) is 25.5. The first-order valence-electron chi connectivity index (χ1n) is 39.1.